The van der Waals surface area contributed by atoms with Crippen LogP contribution in [0.15, 0.2) is 52.2 Å². The Morgan fingerprint density at radius 1 is 1.24 bits per heavy atom. The Morgan fingerprint density at radius 3 is 2.80 bits per heavy atom. The number of aldehydes is 1. The van der Waals surface area contributed by atoms with Crippen LogP contribution in [0.3, 0.4) is 0 Å². The molecule has 1 fully saturated rings. The molecule has 7 rings (SSSR count). The van der Waals surface area contributed by atoms with Crippen LogP contribution in [-0.4, -0.2) is 60.2 Å². The van der Waals surface area contributed by atoms with Crippen molar-refractivity contribution >= 4 is 29.7 Å². The van der Waals surface area contributed by atoms with E-state index in [9.17, 15) is 24.6 Å². The minimum Gasteiger partial charge on any atom is -0.496 e. The van der Waals surface area contributed by atoms with Crippen LogP contribution in [0.1, 0.15) is 73.6 Å². The second-order valence-electron chi connectivity index (χ2n) is 12.4. The molecular weight excluding hydrogens is 590 g/mol. The van der Waals surface area contributed by atoms with E-state index in [4.69, 9.17) is 18.9 Å². The van der Waals surface area contributed by atoms with Gasteiger partial charge in [-0.25, -0.2) is 4.79 Å². The number of fused-ring (bicyclic) bond motifs is 5. The highest BCUT2D eigenvalue weighted by atomic mass is 16.6. The fourth-order valence-corrected chi connectivity index (χ4v) is 7.54. The van der Waals surface area contributed by atoms with E-state index in [2.05, 4.69) is 4.99 Å². The van der Waals surface area contributed by atoms with Gasteiger partial charge >= 0.3 is 5.97 Å². The van der Waals surface area contributed by atoms with E-state index >= 15 is 0 Å². The number of Topliss-reactive ketones (excluding diaryl/α,β-unsaturated/α-hetero) is 1. The van der Waals surface area contributed by atoms with Gasteiger partial charge in [0.1, 0.15) is 34.7 Å². The van der Waals surface area contributed by atoms with E-state index in [1.165, 1.54) is 7.11 Å². The van der Waals surface area contributed by atoms with E-state index < -0.39 is 36.1 Å². The zero-order chi connectivity index (χ0) is 32.3. The van der Waals surface area contributed by atoms with Gasteiger partial charge in [0.15, 0.2) is 6.29 Å². The third kappa shape index (κ3) is 4.53. The Balaban J connectivity index is 1.49. The standard InChI is InChI=1S/C36H35NO9/c1-4-44-35(41)32-23(16-38)27(20-8-10-26(40)22(15-20)18-7-9-25-19(14-18)11-13-37-25)29-31(45-32)24(17-39)30-28(33(29)43-3)21-6-5-12-36(2,42)34(21)46-30/h5-7,9,11,14,16,21-22,34,39,42H,4,8,10,12-13,15,17H2,1-3H3/b27-20-/t21-,22-,34-,36+/m0/s1. The number of benzene rings is 2. The number of ether oxygens (including phenoxy) is 4. The lowest BCUT2D eigenvalue weighted by Gasteiger charge is -2.34. The average Bonchev–Trinajstić information content (AvgIpc) is 3.68. The largest absolute Gasteiger partial charge is 0.496 e. The van der Waals surface area contributed by atoms with Gasteiger partial charge in [-0.1, -0.05) is 29.9 Å². The highest BCUT2D eigenvalue weighted by Crippen LogP contribution is 2.60. The summed E-state index contributed by atoms with van der Waals surface area (Å²) in [6.45, 7) is 3.47. The maximum Gasteiger partial charge on any atom is 0.375 e. The first-order chi connectivity index (χ1) is 22.2. The first-order valence-electron chi connectivity index (χ1n) is 15.6. The zero-order valence-electron chi connectivity index (χ0n) is 25.9. The molecule has 238 valence electrons. The van der Waals surface area contributed by atoms with Gasteiger partial charge in [0, 0.05) is 29.4 Å². The summed E-state index contributed by atoms with van der Waals surface area (Å²) in [5.41, 5.74) is 2.09. The summed E-state index contributed by atoms with van der Waals surface area (Å²) in [5.74, 6) is -1.20. The first kappa shape index (κ1) is 30.1. The summed E-state index contributed by atoms with van der Waals surface area (Å²) in [6.07, 6.45) is 7.00. The molecule has 46 heavy (non-hydrogen) atoms. The number of nitrogens with zero attached hydrogens (tertiary/aromatic N) is 1. The van der Waals surface area contributed by atoms with Crippen molar-refractivity contribution in [3.8, 4) is 17.2 Å². The van der Waals surface area contributed by atoms with Crippen LogP contribution < -0.4 is 24.8 Å². The zero-order valence-corrected chi connectivity index (χ0v) is 25.9. The van der Waals surface area contributed by atoms with Gasteiger partial charge in [0.25, 0.3) is 0 Å². The minimum atomic E-state index is -1.21. The minimum absolute atomic E-state index is 0.0149. The SMILES string of the molecule is CCOC(=O)C1=C(C=O)/C(=C2\CCC(=O)[C@H](c3ccc4c(c3)=CCN=4)C2)c2c(c(CO)c3c(c2OC)[C@@H]2C=CC[C@@](C)(O)[C@H]2O3)O1. The van der Waals surface area contributed by atoms with Crippen LogP contribution in [0.5, 0.6) is 17.2 Å². The van der Waals surface area contributed by atoms with Crippen LogP contribution in [0.4, 0.5) is 0 Å². The third-order valence-electron chi connectivity index (χ3n) is 9.69. The number of hydrogen-bond donors (Lipinski definition) is 2. The lowest BCUT2D eigenvalue weighted by Crippen LogP contribution is -2.45. The Morgan fingerprint density at radius 2 is 2.07 bits per heavy atom. The number of aliphatic hydroxyl groups excluding tert-OH is 1. The van der Waals surface area contributed by atoms with Gasteiger partial charge in [-0.2, -0.15) is 0 Å². The van der Waals surface area contributed by atoms with Crippen molar-refractivity contribution in [3.05, 3.63) is 80.1 Å². The van der Waals surface area contributed by atoms with Crippen LogP contribution >= 0.6 is 0 Å². The Hall–Kier alpha value is -4.54. The van der Waals surface area contributed by atoms with E-state index in [0.29, 0.717) is 60.3 Å². The second-order valence-corrected chi connectivity index (χ2v) is 12.4. The quantitative estimate of drug-likeness (QED) is 0.282. The number of rotatable bonds is 6. The molecule has 3 heterocycles. The molecule has 1 saturated carbocycles. The summed E-state index contributed by atoms with van der Waals surface area (Å²) in [5, 5.41) is 23.9. The van der Waals surface area contributed by atoms with Crippen LogP contribution in [0, 0.1) is 0 Å². The highest BCUT2D eigenvalue weighted by Gasteiger charge is 2.51. The molecular formula is C36H35NO9. The number of allylic oxidation sites excluding steroid dienone is 3. The molecule has 2 aliphatic carbocycles. The van der Waals surface area contributed by atoms with Crippen LogP contribution in [0.25, 0.3) is 11.6 Å². The third-order valence-corrected chi connectivity index (χ3v) is 9.69. The smallest absolute Gasteiger partial charge is 0.375 e. The fourth-order valence-electron chi connectivity index (χ4n) is 7.54. The predicted octanol–water partition coefficient (Wildman–Crippen LogP) is 2.86. The molecule has 0 saturated heterocycles. The van der Waals surface area contributed by atoms with Gasteiger partial charge in [-0.05, 0) is 56.0 Å². The second kappa shape index (κ2) is 11.4. The van der Waals surface area contributed by atoms with Gasteiger partial charge in [0.05, 0.1) is 48.9 Å². The van der Waals surface area contributed by atoms with Gasteiger partial charge < -0.3 is 29.2 Å². The normalized spacial score (nSPS) is 27.3. The molecule has 0 amide bonds. The molecule has 0 radical (unpaired) electrons. The topological polar surface area (TPSA) is 141 Å². The summed E-state index contributed by atoms with van der Waals surface area (Å²) in [4.78, 5) is 44.2. The van der Waals surface area contributed by atoms with E-state index in [-0.39, 0.29) is 41.5 Å². The number of carbonyl (C=O) groups excluding carboxylic acids is 3. The van der Waals surface area contributed by atoms with Crippen LogP contribution in [0.2, 0.25) is 0 Å². The summed E-state index contributed by atoms with van der Waals surface area (Å²) in [6, 6.07) is 5.84. The van der Waals surface area contributed by atoms with Gasteiger partial charge in [-0.3, -0.25) is 14.6 Å². The molecule has 10 nitrogen and oxygen atoms in total. The summed E-state index contributed by atoms with van der Waals surface area (Å²) in [7, 11) is 1.50. The van der Waals surface area contributed by atoms with Crippen molar-refractivity contribution < 1.29 is 43.5 Å². The predicted molar refractivity (Wildman–Crippen MR) is 166 cm³/mol. The Bertz CT molecular complexity index is 1920. The molecule has 0 bridgehead atoms. The van der Waals surface area contributed by atoms with E-state index in [1.807, 2.05) is 36.4 Å². The number of esters is 1. The lowest BCUT2D eigenvalue weighted by atomic mass is 9.74. The average molecular weight is 626 g/mol. The molecule has 10 heteroatoms. The number of carbonyl (C=O) groups is 3. The van der Waals surface area contributed by atoms with Gasteiger partial charge in [-0.15, -0.1) is 0 Å². The number of aliphatic hydroxyl groups is 2. The number of hydrogen-bond acceptors (Lipinski definition) is 10. The molecule has 0 unspecified atom stereocenters. The number of methoxy groups -OCH3 is 1. The molecule has 0 spiro atoms. The van der Waals surface area contributed by atoms with Crippen LogP contribution in [-0.2, 0) is 25.7 Å². The Kier molecular flexibility index (Phi) is 7.44. The van der Waals surface area contributed by atoms with Crippen molar-refractivity contribution in [1.82, 2.24) is 0 Å². The molecule has 2 aromatic rings. The molecule has 2 aromatic carbocycles. The van der Waals surface area contributed by atoms with E-state index in [0.717, 1.165) is 21.7 Å². The monoisotopic (exact) mass is 625 g/mol. The van der Waals surface area contributed by atoms with E-state index in [1.54, 1.807) is 13.8 Å². The Labute approximate surface area is 265 Å². The molecule has 4 atom stereocenters. The molecule has 0 aromatic heterocycles. The summed E-state index contributed by atoms with van der Waals surface area (Å²) >= 11 is 0. The summed E-state index contributed by atoms with van der Waals surface area (Å²) < 4.78 is 24.0. The molecule has 3 aliphatic heterocycles. The highest BCUT2D eigenvalue weighted by molar-refractivity contribution is 6.11. The van der Waals surface area contributed by atoms with Crippen molar-refractivity contribution in [1.29, 1.82) is 0 Å². The first-order valence-corrected chi connectivity index (χ1v) is 15.6. The maximum atomic E-state index is 13.4. The maximum absolute atomic E-state index is 13.4. The van der Waals surface area contributed by atoms with Gasteiger partial charge in [0.2, 0.25) is 5.76 Å². The van der Waals surface area contributed by atoms with Crippen molar-refractivity contribution in [2.45, 2.75) is 69.7 Å². The fraction of sp³-hybridized carbons (Fsp3) is 0.389. The molecule has 5 aliphatic rings. The van der Waals surface area contributed by atoms with Crippen molar-refractivity contribution in [2.75, 3.05) is 20.3 Å². The number of ketones is 1. The van der Waals surface area contributed by atoms with Crippen molar-refractivity contribution in [2.24, 2.45) is 4.99 Å². The lowest BCUT2D eigenvalue weighted by molar-refractivity contribution is -0.141. The van der Waals surface area contributed by atoms with Crippen molar-refractivity contribution in [3.63, 3.8) is 0 Å². The molecule has 2 N–H and O–H groups in total.